The molecule has 0 spiro atoms. The standard InChI is InChI=1S/C12H18N2O2S/c1-8-9(10(15)16-3)17-11(14-8)13-7-12(2)5-4-6-12/h4-7H2,1-3H3,(H,13,14). The molecule has 1 aliphatic carbocycles. The number of anilines is 1. The number of nitrogens with one attached hydrogen (secondary N) is 1. The number of carbonyl (C=O) groups is 1. The summed E-state index contributed by atoms with van der Waals surface area (Å²) < 4.78 is 4.71. The molecule has 94 valence electrons. The Morgan fingerprint density at radius 3 is 2.82 bits per heavy atom. The Morgan fingerprint density at radius 2 is 2.29 bits per heavy atom. The molecule has 1 aromatic heterocycles. The predicted octanol–water partition coefficient (Wildman–Crippen LogP) is 2.84. The number of rotatable bonds is 4. The van der Waals surface area contributed by atoms with Gasteiger partial charge >= 0.3 is 5.97 Å². The first-order chi connectivity index (χ1) is 8.04. The van der Waals surface area contributed by atoms with Gasteiger partial charge in [-0.1, -0.05) is 24.7 Å². The highest BCUT2D eigenvalue weighted by Gasteiger charge is 2.31. The highest BCUT2D eigenvalue weighted by atomic mass is 32.1. The number of carbonyl (C=O) groups excluding carboxylic acids is 1. The Kier molecular flexibility index (Phi) is 3.38. The van der Waals surface area contributed by atoms with E-state index in [2.05, 4.69) is 17.2 Å². The summed E-state index contributed by atoms with van der Waals surface area (Å²) in [6.07, 6.45) is 3.87. The summed E-state index contributed by atoms with van der Waals surface area (Å²) in [5.74, 6) is -0.303. The second kappa shape index (κ2) is 4.64. The van der Waals surface area contributed by atoms with Crippen molar-refractivity contribution in [2.24, 2.45) is 5.41 Å². The summed E-state index contributed by atoms with van der Waals surface area (Å²) in [6.45, 7) is 5.05. The Morgan fingerprint density at radius 1 is 1.59 bits per heavy atom. The van der Waals surface area contributed by atoms with Gasteiger partial charge in [0.15, 0.2) is 5.13 Å². The van der Waals surface area contributed by atoms with Crippen LogP contribution >= 0.6 is 11.3 Å². The molecule has 1 aromatic rings. The quantitative estimate of drug-likeness (QED) is 0.839. The third-order valence-electron chi connectivity index (χ3n) is 3.39. The first-order valence-electron chi connectivity index (χ1n) is 5.84. The van der Waals surface area contributed by atoms with E-state index in [1.807, 2.05) is 6.92 Å². The van der Waals surface area contributed by atoms with E-state index >= 15 is 0 Å². The normalized spacial score (nSPS) is 17.4. The van der Waals surface area contributed by atoms with Crippen molar-refractivity contribution in [1.29, 1.82) is 0 Å². The Labute approximate surface area is 105 Å². The lowest BCUT2D eigenvalue weighted by molar-refractivity contribution is 0.0605. The van der Waals surface area contributed by atoms with Gasteiger partial charge in [0, 0.05) is 6.54 Å². The minimum absolute atomic E-state index is 0.303. The van der Waals surface area contributed by atoms with E-state index in [1.54, 1.807) is 0 Å². The van der Waals surface area contributed by atoms with Crippen LogP contribution in [0.25, 0.3) is 0 Å². The van der Waals surface area contributed by atoms with E-state index in [1.165, 1.54) is 37.7 Å². The third kappa shape index (κ3) is 2.60. The summed E-state index contributed by atoms with van der Waals surface area (Å²) in [4.78, 5) is 16.4. The van der Waals surface area contributed by atoms with Gasteiger partial charge in [-0.3, -0.25) is 0 Å². The Hall–Kier alpha value is -1.10. The van der Waals surface area contributed by atoms with Gasteiger partial charge in [-0.05, 0) is 25.2 Å². The number of esters is 1. The van der Waals surface area contributed by atoms with E-state index in [9.17, 15) is 4.79 Å². The van der Waals surface area contributed by atoms with Crippen molar-refractivity contribution < 1.29 is 9.53 Å². The first kappa shape index (κ1) is 12.4. The summed E-state index contributed by atoms with van der Waals surface area (Å²) in [6, 6.07) is 0. The largest absolute Gasteiger partial charge is 0.465 e. The van der Waals surface area contributed by atoms with Gasteiger partial charge in [0.25, 0.3) is 0 Å². The summed E-state index contributed by atoms with van der Waals surface area (Å²) in [7, 11) is 1.39. The highest BCUT2D eigenvalue weighted by molar-refractivity contribution is 7.17. The molecule has 0 saturated heterocycles. The van der Waals surface area contributed by atoms with Crippen LogP contribution in [0.3, 0.4) is 0 Å². The second-order valence-corrected chi connectivity index (χ2v) is 5.94. The zero-order valence-electron chi connectivity index (χ0n) is 10.5. The van der Waals surface area contributed by atoms with Crippen LogP contribution in [0.1, 0.15) is 41.6 Å². The maximum Gasteiger partial charge on any atom is 0.350 e. The van der Waals surface area contributed by atoms with E-state index in [0.717, 1.165) is 17.4 Å². The van der Waals surface area contributed by atoms with E-state index in [-0.39, 0.29) is 5.97 Å². The topological polar surface area (TPSA) is 51.2 Å². The molecule has 1 saturated carbocycles. The number of nitrogens with zero attached hydrogens (tertiary/aromatic N) is 1. The highest BCUT2D eigenvalue weighted by Crippen LogP contribution is 2.40. The molecular weight excluding hydrogens is 236 g/mol. The molecule has 0 aliphatic heterocycles. The van der Waals surface area contributed by atoms with Crippen LogP contribution in [0, 0.1) is 12.3 Å². The average molecular weight is 254 g/mol. The molecule has 0 unspecified atom stereocenters. The summed E-state index contributed by atoms with van der Waals surface area (Å²) >= 11 is 1.37. The lowest BCUT2D eigenvalue weighted by atomic mass is 9.70. The SMILES string of the molecule is COC(=O)c1sc(NCC2(C)CCC2)nc1C. The molecule has 4 nitrogen and oxygen atoms in total. The van der Waals surface area contributed by atoms with Gasteiger partial charge in [0.2, 0.25) is 0 Å². The van der Waals surface area contributed by atoms with Gasteiger partial charge in [-0.2, -0.15) is 0 Å². The summed E-state index contributed by atoms with van der Waals surface area (Å²) in [5.41, 5.74) is 1.15. The first-order valence-corrected chi connectivity index (χ1v) is 6.65. The fourth-order valence-corrected chi connectivity index (χ4v) is 2.88. The zero-order valence-corrected chi connectivity index (χ0v) is 11.3. The van der Waals surface area contributed by atoms with Gasteiger partial charge in [-0.25, -0.2) is 9.78 Å². The third-order valence-corrected chi connectivity index (χ3v) is 4.49. The molecule has 0 radical (unpaired) electrons. The van der Waals surface area contributed by atoms with Crippen LogP contribution in [0.15, 0.2) is 0 Å². The van der Waals surface area contributed by atoms with Gasteiger partial charge < -0.3 is 10.1 Å². The molecule has 17 heavy (non-hydrogen) atoms. The maximum atomic E-state index is 11.4. The monoisotopic (exact) mass is 254 g/mol. The maximum absolute atomic E-state index is 11.4. The molecule has 1 fully saturated rings. The molecule has 2 rings (SSSR count). The number of thiazole rings is 1. The molecule has 1 N–H and O–H groups in total. The van der Waals surface area contributed by atoms with Crippen LogP contribution in [0.5, 0.6) is 0 Å². The van der Waals surface area contributed by atoms with Gasteiger partial charge in [0.05, 0.1) is 12.8 Å². The minimum Gasteiger partial charge on any atom is -0.465 e. The second-order valence-electron chi connectivity index (χ2n) is 4.94. The van der Waals surface area contributed by atoms with Crippen LogP contribution < -0.4 is 5.32 Å². The molecule has 5 heteroatoms. The Balaban J connectivity index is 1.99. The number of methoxy groups -OCH3 is 1. The van der Waals surface area contributed by atoms with Crippen LogP contribution in [0.2, 0.25) is 0 Å². The molecule has 1 heterocycles. The zero-order chi connectivity index (χ0) is 12.5. The van der Waals surface area contributed by atoms with Gasteiger partial charge in [0.1, 0.15) is 4.88 Å². The fraction of sp³-hybridized carbons (Fsp3) is 0.667. The molecule has 0 amide bonds. The van der Waals surface area contributed by atoms with E-state index in [4.69, 9.17) is 4.74 Å². The van der Waals surface area contributed by atoms with Crippen LogP contribution in [-0.4, -0.2) is 24.6 Å². The lowest BCUT2D eigenvalue weighted by Gasteiger charge is -2.38. The number of aromatic nitrogens is 1. The molecular formula is C12H18N2O2S. The van der Waals surface area contributed by atoms with Crippen molar-refractivity contribution in [3.8, 4) is 0 Å². The fourth-order valence-electron chi connectivity index (χ4n) is 2.00. The number of hydrogen-bond donors (Lipinski definition) is 1. The Bertz CT molecular complexity index is 424. The molecule has 0 aromatic carbocycles. The number of aryl methyl sites for hydroxylation is 1. The van der Waals surface area contributed by atoms with Crippen molar-refractivity contribution >= 4 is 22.4 Å². The summed E-state index contributed by atoms with van der Waals surface area (Å²) in [5, 5.41) is 4.14. The molecule has 1 aliphatic rings. The van der Waals surface area contributed by atoms with Crippen LogP contribution in [0.4, 0.5) is 5.13 Å². The van der Waals surface area contributed by atoms with E-state index < -0.39 is 0 Å². The molecule has 0 bridgehead atoms. The number of ether oxygens (including phenoxy) is 1. The minimum atomic E-state index is -0.303. The van der Waals surface area contributed by atoms with Crippen LogP contribution in [-0.2, 0) is 4.74 Å². The van der Waals surface area contributed by atoms with Crippen molar-refractivity contribution in [1.82, 2.24) is 4.98 Å². The van der Waals surface area contributed by atoms with Gasteiger partial charge in [-0.15, -0.1) is 0 Å². The van der Waals surface area contributed by atoms with Crippen molar-refractivity contribution in [2.75, 3.05) is 19.0 Å². The predicted molar refractivity (Wildman–Crippen MR) is 68.6 cm³/mol. The average Bonchev–Trinajstić information content (AvgIpc) is 2.64. The number of hydrogen-bond acceptors (Lipinski definition) is 5. The van der Waals surface area contributed by atoms with Crippen molar-refractivity contribution in [3.05, 3.63) is 10.6 Å². The van der Waals surface area contributed by atoms with E-state index in [0.29, 0.717) is 10.3 Å². The molecule has 0 atom stereocenters. The lowest BCUT2D eigenvalue weighted by Crippen LogP contribution is -2.33. The van der Waals surface area contributed by atoms with Crippen molar-refractivity contribution in [2.45, 2.75) is 33.1 Å². The van der Waals surface area contributed by atoms with Crippen molar-refractivity contribution in [3.63, 3.8) is 0 Å². The smallest absolute Gasteiger partial charge is 0.350 e.